The number of ether oxygens (including phenoxy) is 2. The van der Waals surface area contributed by atoms with Crippen LogP contribution < -0.4 is 0 Å². The first-order chi connectivity index (χ1) is 21.6. The van der Waals surface area contributed by atoms with E-state index in [1.165, 1.54) is 75.8 Å². The van der Waals surface area contributed by atoms with Crippen molar-refractivity contribution in [2.75, 3.05) is 13.2 Å². The van der Waals surface area contributed by atoms with Gasteiger partial charge in [0, 0.05) is 11.1 Å². The van der Waals surface area contributed by atoms with Gasteiger partial charge in [-0.2, -0.15) is 0 Å². The molecule has 3 aromatic carbocycles. The molecule has 0 N–H and O–H groups in total. The Morgan fingerprint density at radius 3 is 1.67 bits per heavy atom. The van der Waals surface area contributed by atoms with E-state index >= 15 is 0 Å². The maximum atomic E-state index is 11.9. The second-order valence-electron chi connectivity index (χ2n) is 12.2. The van der Waals surface area contributed by atoms with E-state index < -0.39 is 0 Å². The van der Waals surface area contributed by atoms with Crippen LogP contribution in [0.25, 0.3) is 22.3 Å². The number of unbranched alkanes of at least 4 members (excludes halogenated alkanes) is 3. The van der Waals surface area contributed by atoms with Crippen LogP contribution in [0.5, 0.6) is 0 Å². The molecule has 45 heavy (non-hydrogen) atoms. The first-order valence-corrected chi connectivity index (χ1v) is 16.6. The van der Waals surface area contributed by atoms with Crippen molar-refractivity contribution in [1.29, 1.82) is 0 Å². The largest absolute Gasteiger partial charge is 0.462 e. The molecular weight excluding hydrogens is 556 g/mol. The van der Waals surface area contributed by atoms with Gasteiger partial charge >= 0.3 is 11.9 Å². The highest BCUT2D eigenvalue weighted by Gasteiger charge is 2.14. The van der Waals surface area contributed by atoms with Crippen LogP contribution in [0, 0.1) is 6.92 Å². The summed E-state index contributed by atoms with van der Waals surface area (Å²) >= 11 is 0. The molecule has 4 nitrogen and oxygen atoms in total. The molecule has 0 saturated carbocycles. The van der Waals surface area contributed by atoms with Crippen molar-refractivity contribution in [3.8, 4) is 22.3 Å². The van der Waals surface area contributed by atoms with Crippen molar-refractivity contribution >= 4 is 11.9 Å². The molecule has 240 valence electrons. The smallest absolute Gasteiger partial charge is 0.333 e. The highest BCUT2D eigenvalue weighted by Crippen LogP contribution is 2.33. The van der Waals surface area contributed by atoms with E-state index in [0.717, 1.165) is 38.5 Å². The zero-order valence-electron chi connectivity index (χ0n) is 28.2. The zero-order valence-corrected chi connectivity index (χ0v) is 28.2. The van der Waals surface area contributed by atoms with Gasteiger partial charge in [0.25, 0.3) is 0 Å². The first-order valence-electron chi connectivity index (χ1n) is 16.6. The molecule has 0 atom stereocenters. The summed E-state index contributed by atoms with van der Waals surface area (Å²) in [4.78, 5) is 23.7. The van der Waals surface area contributed by atoms with Crippen LogP contribution in [0.15, 0.2) is 78.9 Å². The second kappa shape index (κ2) is 18.1. The van der Waals surface area contributed by atoms with Gasteiger partial charge < -0.3 is 9.47 Å². The number of rotatable bonds is 18. The Labute approximate surface area is 271 Å². The van der Waals surface area contributed by atoms with E-state index in [1.54, 1.807) is 13.8 Å². The molecule has 3 rings (SSSR count). The maximum absolute atomic E-state index is 11.9. The average Bonchev–Trinajstić information content (AvgIpc) is 3.04. The van der Waals surface area contributed by atoms with Gasteiger partial charge in [-0.25, -0.2) is 9.59 Å². The van der Waals surface area contributed by atoms with Crippen LogP contribution in [0.3, 0.4) is 0 Å². The Hall–Kier alpha value is -3.92. The average molecular weight is 609 g/mol. The molecule has 0 fully saturated rings. The normalized spacial score (nSPS) is 10.9. The van der Waals surface area contributed by atoms with Crippen molar-refractivity contribution in [1.82, 2.24) is 0 Å². The van der Waals surface area contributed by atoms with E-state index in [0.29, 0.717) is 24.4 Å². The number of esters is 2. The predicted molar refractivity (Wildman–Crippen MR) is 187 cm³/mol. The third-order valence-corrected chi connectivity index (χ3v) is 8.37. The molecule has 4 heteroatoms. The lowest BCUT2D eigenvalue weighted by atomic mass is 9.88. The highest BCUT2D eigenvalue weighted by atomic mass is 16.5. The third-order valence-electron chi connectivity index (χ3n) is 8.37. The Morgan fingerprint density at radius 1 is 0.622 bits per heavy atom. The first kappa shape index (κ1) is 35.6. The topological polar surface area (TPSA) is 52.6 Å². The molecule has 0 heterocycles. The minimum Gasteiger partial charge on any atom is -0.462 e. The lowest BCUT2D eigenvalue weighted by Crippen LogP contribution is -2.08. The fraction of sp³-hybridized carbons (Fsp3) is 0.415. The molecule has 0 aliphatic heterocycles. The van der Waals surface area contributed by atoms with Crippen molar-refractivity contribution in [2.24, 2.45) is 0 Å². The SMILES string of the molecule is C=C(C)C(=O)OCCCc1cc(-c2ccc(-c3ccc(CCCCCC)cc3)cc2CC)cc(CCCOC(=O)C(=C)C)c1C. The molecule has 0 amide bonds. The fourth-order valence-corrected chi connectivity index (χ4v) is 5.58. The molecule has 0 bridgehead atoms. The molecule has 0 radical (unpaired) electrons. The van der Waals surface area contributed by atoms with Crippen LogP contribution in [-0.4, -0.2) is 25.2 Å². The van der Waals surface area contributed by atoms with Gasteiger partial charge in [-0.3, -0.25) is 0 Å². The Morgan fingerprint density at radius 2 is 1.16 bits per heavy atom. The van der Waals surface area contributed by atoms with Gasteiger partial charge in [0.15, 0.2) is 0 Å². The van der Waals surface area contributed by atoms with Crippen LogP contribution >= 0.6 is 0 Å². The standard InChI is InChI=1S/C41H52O4/c1-8-10-11-12-15-32-18-20-34(21-19-32)37-22-23-39(33(9-2)26-37)38-27-35(16-13-24-44-40(42)29(3)4)31(7)36(28-38)17-14-25-45-41(43)30(5)6/h18-23,26-28H,3,5,8-17,24-25H2,1-2,4,6-7H3. The van der Waals surface area contributed by atoms with Crippen LogP contribution in [0.4, 0.5) is 0 Å². The summed E-state index contributed by atoms with van der Waals surface area (Å²) < 4.78 is 10.7. The van der Waals surface area contributed by atoms with Crippen LogP contribution in [0.2, 0.25) is 0 Å². The van der Waals surface area contributed by atoms with Gasteiger partial charge in [-0.05, 0) is 116 Å². The molecule has 0 saturated heterocycles. The number of carbonyl (C=O) groups excluding carboxylic acids is 2. The lowest BCUT2D eigenvalue weighted by Gasteiger charge is -2.18. The number of hydrogen-bond acceptors (Lipinski definition) is 4. The third kappa shape index (κ3) is 10.9. The van der Waals surface area contributed by atoms with Gasteiger partial charge in [0.05, 0.1) is 13.2 Å². The van der Waals surface area contributed by atoms with Crippen molar-refractivity contribution in [3.63, 3.8) is 0 Å². The summed E-state index contributed by atoms with van der Waals surface area (Å²) in [6.07, 6.45) is 10.2. The molecule has 0 unspecified atom stereocenters. The number of carbonyl (C=O) groups is 2. The second-order valence-corrected chi connectivity index (χ2v) is 12.2. The highest BCUT2D eigenvalue weighted by molar-refractivity contribution is 5.87. The Balaban J connectivity index is 1.85. The lowest BCUT2D eigenvalue weighted by molar-refractivity contribution is -0.139. The predicted octanol–water partition coefficient (Wildman–Crippen LogP) is 10.1. The Kier molecular flexibility index (Phi) is 14.3. The molecule has 0 spiro atoms. The number of aryl methyl sites for hydroxylation is 4. The summed E-state index contributed by atoms with van der Waals surface area (Å²) in [5.74, 6) is -0.695. The molecule has 0 aliphatic carbocycles. The van der Waals surface area contributed by atoms with Gasteiger partial charge in [-0.15, -0.1) is 0 Å². The van der Waals surface area contributed by atoms with E-state index in [9.17, 15) is 9.59 Å². The van der Waals surface area contributed by atoms with E-state index in [-0.39, 0.29) is 11.9 Å². The monoisotopic (exact) mass is 608 g/mol. The van der Waals surface area contributed by atoms with E-state index in [1.807, 2.05) is 0 Å². The fourth-order valence-electron chi connectivity index (χ4n) is 5.58. The summed E-state index contributed by atoms with van der Waals surface area (Å²) in [5, 5.41) is 0. The maximum Gasteiger partial charge on any atom is 0.333 e. The molecule has 3 aromatic rings. The van der Waals surface area contributed by atoms with Crippen molar-refractivity contribution in [3.05, 3.63) is 107 Å². The van der Waals surface area contributed by atoms with Crippen LogP contribution in [-0.2, 0) is 44.7 Å². The number of hydrogen-bond donors (Lipinski definition) is 0. The zero-order chi connectivity index (χ0) is 32.8. The molecule has 0 aliphatic rings. The van der Waals surface area contributed by atoms with Gasteiger partial charge in [0.1, 0.15) is 0 Å². The van der Waals surface area contributed by atoms with Gasteiger partial charge in [0.2, 0.25) is 0 Å². The quantitative estimate of drug-likeness (QED) is 0.0819. The molecule has 0 aromatic heterocycles. The number of benzene rings is 3. The minimum absolute atomic E-state index is 0.347. The summed E-state index contributed by atoms with van der Waals surface area (Å²) in [5.41, 5.74) is 12.2. The summed E-state index contributed by atoms with van der Waals surface area (Å²) in [6.45, 7) is 18.0. The van der Waals surface area contributed by atoms with E-state index in [2.05, 4.69) is 88.5 Å². The van der Waals surface area contributed by atoms with Crippen molar-refractivity contribution in [2.45, 2.75) is 98.8 Å². The van der Waals surface area contributed by atoms with Gasteiger partial charge in [-0.1, -0.05) is 101 Å². The Bertz CT molecular complexity index is 1410. The van der Waals surface area contributed by atoms with E-state index in [4.69, 9.17) is 9.47 Å². The summed E-state index contributed by atoms with van der Waals surface area (Å²) in [7, 11) is 0. The van der Waals surface area contributed by atoms with Crippen LogP contribution in [0.1, 0.15) is 94.0 Å². The van der Waals surface area contributed by atoms with Crippen molar-refractivity contribution < 1.29 is 19.1 Å². The minimum atomic E-state index is -0.347. The summed E-state index contributed by atoms with van der Waals surface area (Å²) in [6, 6.07) is 20.5. The molecular formula is C41H52O4.